The van der Waals surface area contributed by atoms with E-state index < -0.39 is 16.8 Å². The second kappa shape index (κ2) is 3.96. The van der Waals surface area contributed by atoms with Gasteiger partial charge in [0.05, 0.1) is 35.0 Å². The fraction of sp³-hybridized carbons (Fsp3) is 0.636. The van der Waals surface area contributed by atoms with Crippen molar-refractivity contribution in [1.29, 1.82) is 0 Å². The van der Waals surface area contributed by atoms with Crippen molar-refractivity contribution in [3.63, 3.8) is 0 Å². The van der Waals surface area contributed by atoms with Gasteiger partial charge in [-0.05, 0) is 13.8 Å². The summed E-state index contributed by atoms with van der Waals surface area (Å²) in [4.78, 5) is 24.6. The summed E-state index contributed by atoms with van der Waals surface area (Å²) < 4.78 is 1.11. The van der Waals surface area contributed by atoms with E-state index in [1.54, 1.807) is 22.6 Å². The number of thioether (sulfide) groups is 1. The zero-order valence-electron chi connectivity index (χ0n) is 10.6. The van der Waals surface area contributed by atoms with Gasteiger partial charge in [-0.15, -0.1) is 16.9 Å². The highest BCUT2D eigenvalue weighted by Gasteiger charge is 2.60. The molecule has 0 saturated carbocycles. The SMILES string of the molecule is Cc1cnnn1C[C@]1(C)S[C@@H]2CC(=O)N2[C@H]1C(=O)O. The Hall–Kier alpha value is -1.57. The van der Waals surface area contributed by atoms with Crippen LogP contribution in [0.15, 0.2) is 6.20 Å². The van der Waals surface area contributed by atoms with Gasteiger partial charge in [-0.25, -0.2) is 9.48 Å². The van der Waals surface area contributed by atoms with Crippen molar-refractivity contribution < 1.29 is 14.7 Å². The summed E-state index contributed by atoms with van der Waals surface area (Å²) in [6, 6.07) is -0.799. The lowest BCUT2D eigenvalue weighted by atomic mass is 9.96. The topological polar surface area (TPSA) is 88.3 Å². The number of amides is 1. The zero-order chi connectivity index (χ0) is 13.8. The second-order valence-electron chi connectivity index (χ2n) is 5.16. The number of β-lactam (4-membered cyclic amide) rings is 1. The molecule has 3 atom stereocenters. The van der Waals surface area contributed by atoms with Crippen LogP contribution in [0.1, 0.15) is 19.0 Å². The van der Waals surface area contributed by atoms with E-state index in [1.807, 2.05) is 13.8 Å². The molecule has 0 aromatic carbocycles. The molecule has 102 valence electrons. The predicted octanol–water partition coefficient (Wildman–Crippen LogP) is 0.104. The van der Waals surface area contributed by atoms with Crippen LogP contribution in [0.2, 0.25) is 0 Å². The van der Waals surface area contributed by atoms with Crippen LogP contribution >= 0.6 is 11.8 Å². The Bertz CT molecular complexity index is 560. The highest BCUT2D eigenvalue weighted by Crippen LogP contribution is 2.51. The molecule has 1 N–H and O–H groups in total. The molecule has 3 rings (SSSR count). The normalized spacial score (nSPS) is 33.2. The molecule has 2 aliphatic rings. The Morgan fingerprint density at radius 2 is 2.42 bits per heavy atom. The van der Waals surface area contributed by atoms with Gasteiger partial charge in [-0.3, -0.25) is 4.79 Å². The maximum atomic E-state index is 11.6. The third-order valence-electron chi connectivity index (χ3n) is 3.72. The molecule has 3 heterocycles. The molecule has 7 nitrogen and oxygen atoms in total. The number of nitrogens with zero attached hydrogens (tertiary/aromatic N) is 4. The zero-order valence-corrected chi connectivity index (χ0v) is 11.4. The standard InChI is InChI=1S/C11H14N4O3S/c1-6-4-12-13-14(6)5-11(2)9(10(17)18)15-7(16)3-8(15)19-11/h4,8-9H,3,5H2,1-2H3,(H,17,18)/t8-,9+,11+/m1/s1. The van der Waals surface area contributed by atoms with E-state index in [-0.39, 0.29) is 11.3 Å². The minimum atomic E-state index is -0.955. The van der Waals surface area contributed by atoms with Gasteiger partial charge in [0.2, 0.25) is 5.91 Å². The maximum absolute atomic E-state index is 11.6. The van der Waals surface area contributed by atoms with E-state index in [0.717, 1.165) is 5.69 Å². The lowest BCUT2D eigenvalue weighted by Crippen LogP contribution is -2.58. The van der Waals surface area contributed by atoms with Crippen molar-refractivity contribution in [3.8, 4) is 0 Å². The minimum Gasteiger partial charge on any atom is -0.480 e. The van der Waals surface area contributed by atoms with Crippen molar-refractivity contribution in [1.82, 2.24) is 19.9 Å². The van der Waals surface area contributed by atoms with Gasteiger partial charge < -0.3 is 10.0 Å². The molecule has 8 heteroatoms. The van der Waals surface area contributed by atoms with Crippen LogP contribution in [-0.2, 0) is 16.1 Å². The number of hydrogen-bond donors (Lipinski definition) is 1. The van der Waals surface area contributed by atoms with Gasteiger partial charge in [0.1, 0.15) is 6.04 Å². The Morgan fingerprint density at radius 1 is 1.68 bits per heavy atom. The number of hydrogen-bond acceptors (Lipinski definition) is 5. The van der Waals surface area contributed by atoms with Crippen LogP contribution in [0.4, 0.5) is 0 Å². The Morgan fingerprint density at radius 3 is 2.95 bits per heavy atom. The van der Waals surface area contributed by atoms with Crippen molar-refractivity contribution >= 4 is 23.6 Å². The van der Waals surface area contributed by atoms with E-state index in [9.17, 15) is 14.7 Å². The fourth-order valence-corrected chi connectivity index (χ4v) is 4.49. The molecule has 0 bridgehead atoms. The molecule has 19 heavy (non-hydrogen) atoms. The summed E-state index contributed by atoms with van der Waals surface area (Å²) in [5, 5.41) is 17.2. The third-order valence-corrected chi connectivity index (χ3v) is 5.27. The van der Waals surface area contributed by atoms with E-state index >= 15 is 0 Å². The molecular formula is C11H14N4O3S. The summed E-state index contributed by atoms with van der Waals surface area (Å²) in [7, 11) is 0. The van der Waals surface area contributed by atoms with Gasteiger partial charge in [0, 0.05) is 0 Å². The van der Waals surface area contributed by atoms with E-state index in [0.29, 0.717) is 13.0 Å². The molecule has 0 aliphatic carbocycles. The van der Waals surface area contributed by atoms with Crippen LogP contribution in [-0.4, -0.2) is 53.0 Å². The van der Waals surface area contributed by atoms with Gasteiger partial charge in [0.15, 0.2) is 0 Å². The van der Waals surface area contributed by atoms with Crippen LogP contribution in [0, 0.1) is 6.92 Å². The average molecular weight is 282 g/mol. The molecule has 0 radical (unpaired) electrons. The Balaban J connectivity index is 1.91. The van der Waals surface area contributed by atoms with Gasteiger partial charge in [0.25, 0.3) is 0 Å². The van der Waals surface area contributed by atoms with Crippen LogP contribution in [0.25, 0.3) is 0 Å². The van der Waals surface area contributed by atoms with Crippen LogP contribution in [0.3, 0.4) is 0 Å². The van der Waals surface area contributed by atoms with Crippen LogP contribution < -0.4 is 0 Å². The Labute approximate surface area is 113 Å². The molecule has 0 unspecified atom stereocenters. The molecular weight excluding hydrogens is 268 g/mol. The predicted molar refractivity (Wildman–Crippen MR) is 67.4 cm³/mol. The number of rotatable bonds is 3. The van der Waals surface area contributed by atoms with E-state index in [2.05, 4.69) is 10.3 Å². The summed E-state index contributed by atoms with van der Waals surface area (Å²) in [5.74, 6) is -1.03. The third kappa shape index (κ3) is 1.73. The van der Waals surface area contributed by atoms with Crippen LogP contribution in [0.5, 0.6) is 0 Å². The number of fused-ring (bicyclic) bond motifs is 1. The first kappa shape index (κ1) is 12.5. The largest absolute Gasteiger partial charge is 0.480 e. The van der Waals surface area contributed by atoms with Crippen molar-refractivity contribution in [3.05, 3.63) is 11.9 Å². The molecule has 1 amide bonds. The molecule has 2 aliphatic heterocycles. The number of carboxylic acids is 1. The van der Waals surface area contributed by atoms with E-state index in [4.69, 9.17) is 0 Å². The highest BCUT2D eigenvalue weighted by atomic mass is 32.2. The van der Waals surface area contributed by atoms with Gasteiger partial charge >= 0.3 is 5.97 Å². The van der Waals surface area contributed by atoms with Crippen molar-refractivity contribution in [2.45, 2.75) is 43.0 Å². The number of aliphatic carboxylic acids is 1. The summed E-state index contributed by atoms with van der Waals surface area (Å²) in [6.07, 6.45) is 2.07. The maximum Gasteiger partial charge on any atom is 0.327 e. The number of carbonyl (C=O) groups is 2. The second-order valence-corrected chi connectivity index (χ2v) is 6.88. The molecule has 2 fully saturated rings. The lowest BCUT2D eigenvalue weighted by Gasteiger charge is -2.36. The number of carbonyl (C=O) groups excluding carboxylic acids is 1. The smallest absolute Gasteiger partial charge is 0.327 e. The minimum absolute atomic E-state index is 0.0116. The number of aromatic nitrogens is 3. The highest BCUT2D eigenvalue weighted by molar-refractivity contribution is 8.01. The van der Waals surface area contributed by atoms with Gasteiger partial charge in [-0.1, -0.05) is 5.21 Å². The molecule has 2 saturated heterocycles. The molecule has 1 aromatic rings. The first-order valence-electron chi connectivity index (χ1n) is 5.99. The van der Waals surface area contributed by atoms with Crippen molar-refractivity contribution in [2.75, 3.05) is 0 Å². The monoisotopic (exact) mass is 282 g/mol. The molecule has 1 aromatic heterocycles. The molecule has 0 spiro atoms. The first-order valence-corrected chi connectivity index (χ1v) is 6.87. The number of carboxylic acid groups (broad SMARTS) is 1. The van der Waals surface area contributed by atoms with E-state index in [1.165, 1.54) is 4.90 Å². The average Bonchev–Trinajstić information content (AvgIpc) is 2.80. The van der Waals surface area contributed by atoms with Crippen molar-refractivity contribution in [2.24, 2.45) is 0 Å². The lowest BCUT2D eigenvalue weighted by molar-refractivity contribution is -0.157. The number of aryl methyl sites for hydroxylation is 1. The summed E-state index contributed by atoms with van der Waals surface area (Å²) >= 11 is 1.55. The van der Waals surface area contributed by atoms with Gasteiger partial charge in [-0.2, -0.15) is 0 Å². The summed E-state index contributed by atoms with van der Waals surface area (Å²) in [5.41, 5.74) is 0.881. The quantitative estimate of drug-likeness (QED) is 0.791. The fourth-order valence-electron chi connectivity index (χ4n) is 2.75. The Kier molecular flexibility index (Phi) is 2.60. The first-order chi connectivity index (χ1) is 8.92. The summed E-state index contributed by atoms with van der Waals surface area (Å²) in [6.45, 7) is 4.18.